The van der Waals surface area contributed by atoms with Gasteiger partial charge in [0.1, 0.15) is 12.4 Å². The van der Waals surface area contributed by atoms with Crippen LogP contribution in [0.4, 0.5) is 0 Å². The van der Waals surface area contributed by atoms with Crippen LogP contribution in [0.25, 0.3) is 6.08 Å². The summed E-state index contributed by atoms with van der Waals surface area (Å²) in [5, 5.41) is 1.97. The smallest absolute Gasteiger partial charge is 0.120 e. The monoisotopic (exact) mass is 441 g/mol. The standard InChI is InChI=1S/C24H18Cl3NO/c25-19-5-1-16(2-6-19)15-29-21-8-9-22-18(13-21)11-12-28-24(22)10-4-17-3-7-20(26)14-23(17)27/h1-10,13-14H,11-12,15H2. The van der Waals surface area contributed by atoms with Crippen molar-refractivity contribution in [3.8, 4) is 5.75 Å². The van der Waals surface area contributed by atoms with Gasteiger partial charge in [-0.1, -0.05) is 59.1 Å². The number of aliphatic imine (C=N–C) groups is 1. The lowest BCUT2D eigenvalue weighted by molar-refractivity contribution is 0.306. The fourth-order valence-electron chi connectivity index (χ4n) is 3.19. The highest BCUT2D eigenvalue weighted by atomic mass is 35.5. The minimum Gasteiger partial charge on any atom is -0.489 e. The number of allylic oxidation sites excluding steroid dienone is 1. The van der Waals surface area contributed by atoms with E-state index in [9.17, 15) is 0 Å². The van der Waals surface area contributed by atoms with E-state index >= 15 is 0 Å². The summed E-state index contributed by atoms with van der Waals surface area (Å²) >= 11 is 18.2. The van der Waals surface area contributed by atoms with Gasteiger partial charge in [0.2, 0.25) is 0 Å². The van der Waals surface area contributed by atoms with Crippen LogP contribution in [0.15, 0.2) is 71.7 Å². The summed E-state index contributed by atoms with van der Waals surface area (Å²) in [6.45, 7) is 1.26. The predicted octanol–water partition coefficient (Wildman–Crippen LogP) is 7.28. The second-order valence-corrected chi connectivity index (χ2v) is 8.03. The molecule has 4 rings (SSSR count). The first-order valence-electron chi connectivity index (χ1n) is 9.26. The summed E-state index contributed by atoms with van der Waals surface area (Å²) < 4.78 is 5.96. The predicted molar refractivity (Wildman–Crippen MR) is 123 cm³/mol. The first-order valence-corrected chi connectivity index (χ1v) is 10.4. The largest absolute Gasteiger partial charge is 0.489 e. The quantitative estimate of drug-likeness (QED) is 0.406. The van der Waals surface area contributed by atoms with Gasteiger partial charge < -0.3 is 4.74 Å². The van der Waals surface area contributed by atoms with Gasteiger partial charge in [0.15, 0.2) is 0 Å². The second-order valence-electron chi connectivity index (χ2n) is 6.75. The molecule has 0 atom stereocenters. The molecular weight excluding hydrogens is 425 g/mol. The molecule has 0 amide bonds. The molecule has 1 aliphatic heterocycles. The minimum absolute atomic E-state index is 0.506. The van der Waals surface area contributed by atoms with Crippen molar-refractivity contribution in [2.24, 2.45) is 4.99 Å². The van der Waals surface area contributed by atoms with Crippen molar-refractivity contribution in [3.05, 3.63) is 104 Å². The Morgan fingerprint density at radius 1 is 0.862 bits per heavy atom. The molecule has 0 saturated heterocycles. The van der Waals surface area contributed by atoms with E-state index in [0.717, 1.165) is 46.1 Å². The third-order valence-electron chi connectivity index (χ3n) is 4.72. The Hall–Kier alpha value is -2.26. The Balaban J connectivity index is 1.49. The zero-order chi connectivity index (χ0) is 20.2. The summed E-state index contributed by atoms with van der Waals surface area (Å²) in [6, 6.07) is 19.3. The van der Waals surface area contributed by atoms with Crippen molar-refractivity contribution >= 4 is 46.6 Å². The van der Waals surface area contributed by atoms with Crippen LogP contribution in [0.2, 0.25) is 15.1 Å². The van der Waals surface area contributed by atoms with Crippen molar-refractivity contribution in [2.45, 2.75) is 13.0 Å². The molecule has 3 aromatic rings. The van der Waals surface area contributed by atoms with Crippen LogP contribution >= 0.6 is 34.8 Å². The second kappa shape index (κ2) is 9.04. The lowest BCUT2D eigenvalue weighted by Gasteiger charge is -2.16. The number of ether oxygens (including phenoxy) is 1. The molecule has 29 heavy (non-hydrogen) atoms. The van der Waals surface area contributed by atoms with Gasteiger partial charge in [-0.2, -0.15) is 0 Å². The summed E-state index contributed by atoms with van der Waals surface area (Å²) in [5.74, 6) is 0.852. The number of rotatable bonds is 5. The molecule has 0 fully saturated rings. The van der Waals surface area contributed by atoms with E-state index in [0.29, 0.717) is 16.7 Å². The maximum atomic E-state index is 6.26. The molecular formula is C24H18Cl3NO. The highest BCUT2D eigenvalue weighted by Crippen LogP contribution is 2.26. The fourth-order valence-corrected chi connectivity index (χ4v) is 3.79. The topological polar surface area (TPSA) is 21.6 Å². The molecule has 5 heteroatoms. The maximum Gasteiger partial charge on any atom is 0.120 e. The highest BCUT2D eigenvalue weighted by Gasteiger charge is 2.13. The van der Waals surface area contributed by atoms with Gasteiger partial charge in [-0.05, 0) is 71.7 Å². The van der Waals surface area contributed by atoms with E-state index < -0.39 is 0 Å². The van der Waals surface area contributed by atoms with Crippen LogP contribution in [0.1, 0.15) is 22.3 Å². The first-order chi connectivity index (χ1) is 14.1. The molecule has 0 aliphatic carbocycles. The van der Waals surface area contributed by atoms with Crippen molar-refractivity contribution in [2.75, 3.05) is 6.54 Å². The van der Waals surface area contributed by atoms with Crippen LogP contribution in [-0.2, 0) is 13.0 Å². The number of hydrogen-bond donors (Lipinski definition) is 0. The number of hydrogen-bond acceptors (Lipinski definition) is 2. The molecule has 146 valence electrons. The zero-order valence-electron chi connectivity index (χ0n) is 15.5. The van der Waals surface area contributed by atoms with Crippen molar-refractivity contribution in [1.29, 1.82) is 0 Å². The minimum atomic E-state index is 0.506. The summed E-state index contributed by atoms with van der Waals surface area (Å²) in [6.07, 6.45) is 4.87. The van der Waals surface area contributed by atoms with Crippen LogP contribution < -0.4 is 4.74 Å². The summed E-state index contributed by atoms with van der Waals surface area (Å²) in [7, 11) is 0. The molecule has 0 radical (unpaired) electrons. The molecule has 0 bridgehead atoms. The average Bonchev–Trinajstić information content (AvgIpc) is 2.72. The number of benzene rings is 3. The Bertz CT molecular complexity index is 1090. The van der Waals surface area contributed by atoms with Crippen molar-refractivity contribution < 1.29 is 4.74 Å². The van der Waals surface area contributed by atoms with E-state index in [-0.39, 0.29) is 0 Å². The van der Waals surface area contributed by atoms with Gasteiger partial charge in [-0.25, -0.2) is 0 Å². The van der Waals surface area contributed by atoms with Crippen LogP contribution in [0.3, 0.4) is 0 Å². The lowest BCUT2D eigenvalue weighted by Crippen LogP contribution is -2.11. The molecule has 2 nitrogen and oxygen atoms in total. The molecule has 0 aromatic heterocycles. The third kappa shape index (κ3) is 5.02. The molecule has 1 heterocycles. The Labute approximate surface area is 185 Å². The SMILES string of the molecule is Clc1ccc(COc2ccc3c(c2)CCN=C3C=Cc2ccc(Cl)cc2Cl)cc1. The van der Waals surface area contributed by atoms with Gasteiger partial charge >= 0.3 is 0 Å². The van der Waals surface area contributed by atoms with Gasteiger partial charge in [-0.15, -0.1) is 0 Å². The molecule has 0 spiro atoms. The number of nitrogens with zero attached hydrogens (tertiary/aromatic N) is 1. The van der Waals surface area contributed by atoms with Crippen molar-refractivity contribution in [1.82, 2.24) is 0 Å². The van der Waals surface area contributed by atoms with E-state index in [1.807, 2.05) is 54.6 Å². The van der Waals surface area contributed by atoms with E-state index in [1.54, 1.807) is 6.07 Å². The number of fused-ring (bicyclic) bond motifs is 1. The molecule has 1 aliphatic rings. The average molecular weight is 443 g/mol. The highest BCUT2D eigenvalue weighted by molar-refractivity contribution is 6.35. The third-order valence-corrected chi connectivity index (χ3v) is 5.53. The molecule has 0 N–H and O–H groups in total. The first kappa shape index (κ1) is 20.0. The van der Waals surface area contributed by atoms with Crippen LogP contribution in [0, 0.1) is 0 Å². The van der Waals surface area contributed by atoms with Gasteiger partial charge in [0, 0.05) is 27.2 Å². The van der Waals surface area contributed by atoms with Crippen LogP contribution in [-0.4, -0.2) is 12.3 Å². The Kier molecular flexibility index (Phi) is 6.25. The van der Waals surface area contributed by atoms with Crippen LogP contribution in [0.5, 0.6) is 5.75 Å². The Morgan fingerprint density at radius 2 is 1.66 bits per heavy atom. The summed E-state index contributed by atoms with van der Waals surface area (Å²) in [4.78, 5) is 4.67. The van der Waals surface area contributed by atoms with E-state index in [1.165, 1.54) is 5.56 Å². The number of halogens is 3. The van der Waals surface area contributed by atoms with Gasteiger partial charge in [-0.3, -0.25) is 4.99 Å². The van der Waals surface area contributed by atoms with Crippen molar-refractivity contribution in [3.63, 3.8) is 0 Å². The summed E-state index contributed by atoms with van der Waals surface area (Å²) in [5.41, 5.74) is 5.29. The fraction of sp³-hybridized carbons (Fsp3) is 0.125. The molecule has 0 unspecified atom stereocenters. The van der Waals surface area contributed by atoms with Gasteiger partial charge in [0.25, 0.3) is 0 Å². The lowest BCUT2D eigenvalue weighted by atomic mass is 9.96. The van der Waals surface area contributed by atoms with E-state index in [2.05, 4.69) is 17.1 Å². The molecule has 0 saturated carbocycles. The molecule has 3 aromatic carbocycles. The van der Waals surface area contributed by atoms with E-state index in [4.69, 9.17) is 39.5 Å². The maximum absolute atomic E-state index is 6.26. The Morgan fingerprint density at radius 3 is 2.45 bits per heavy atom. The van der Waals surface area contributed by atoms with Gasteiger partial charge in [0.05, 0.1) is 5.71 Å². The normalized spacial score (nSPS) is 13.3. The zero-order valence-corrected chi connectivity index (χ0v) is 17.8.